The molecule has 1 aromatic carbocycles. The molecule has 0 spiro atoms. The zero-order valence-electron chi connectivity index (χ0n) is 30.7. The number of para-hydroxylation sites is 1. The van der Waals surface area contributed by atoms with Gasteiger partial charge in [-0.15, -0.1) is 0 Å². The normalized spacial score (nSPS) is 18.4. The lowest BCUT2D eigenvalue weighted by atomic mass is 10.0. The molecular weight excluding hydrogens is 729 g/mol. The Kier molecular flexibility index (Phi) is 10.5. The van der Waals surface area contributed by atoms with Crippen LogP contribution in [-0.4, -0.2) is 87.5 Å². The van der Waals surface area contributed by atoms with E-state index in [0.717, 1.165) is 10.9 Å². The molecule has 0 bridgehead atoms. The van der Waals surface area contributed by atoms with Gasteiger partial charge < -0.3 is 23.9 Å². The molecular formula is C35H42N5O13P. The summed E-state index contributed by atoms with van der Waals surface area (Å²) in [5, 5.41) is 10.4. The summed E-state index contributed by atoms with van der Waals surface area (Å²) in [6, 6.07) is 11.0. The van der Waals surface area contributed by atoms with Gasteiger partial charge >= 0.3 is 26.1 Å². The average molecular weight is 772 g/mol. The van der Waals surface area contributed by atoms with Gasteiger partial charge in [0.05, 0.1) is 35.9 Å². The van der Waals surface area contributed by atoms with Gasteiger partial charge in [0.15, 0.2) is 18.2 Å². The second-order valence-corrected chi connectivity index (χ2v) is 16.4. The smallest absolute Gasteiger partial charge is 0.478 e. The molecule has 54 heavy (non-hydrogen) atoms. The van der Waals surface area contributed by atoms with Crippen LogP contribution in [0.2, 0.25) is 0 Å². The van der Waals surface area contributed by atoms with Crippen molar-refractivity contribution in [1.82, 2.24) is 14.5 Å². The van der Waals surface area contributed by atoms with E-state index in [2.05, 4.69) is 4.98 Å². The Hall–Kier alpha value is -5.03. The fourth-order valence-electron chi connectivity index (χ4n) is 6.43. The number of carbonyl (C=O) groups excluding carboxylic acids is 3. The molecule has 4 amide bonds. The number of carbonyl (C=O) groups is 4. The number of cyclic esters (lactones) is 1. The molecule has 0 unspecified atom stereocenters. The summed E-state index contributed by atoms with van der Waals surface area (Å²) >= 11 is 0. The fourth-order valence-corrected chi connectivity index (χ4v) is 8.10. The molecule has 0 aliphatic carbocycles. The first-order valence-corrected chi connectivity index (χ1v) is 18.7. The van der Waals surface area contributed by atoms with E-state index in [0.29, 0.717) is 16.8 Å². The van der Waals surface area contributed by atoms with Crippen LogP contribution in [0.4, 0.5) is 26.0 Å². The van der Waals surface area contributed by atoms with Crippen LogP contribution in [0.5, 0.6) is 5.75 Å². The van der Waals surface area contributed by atoms with E-state index in [-0.39, 0.29) is 49.0 Å². The minimum atomic E-state index is -4.21. The Balaban J connectivity index is 1.17. The molecule has 290 valence electrons. The molecule has 2 aromatic heterocycles. The van der Waals surface area contributed by atoms with Gasteiger partial charge in [0.2, 0.25) is 6.79 Å². The molecule has 0 saturated carbocycles. The van der Waals surface area contributed by atoms with Crippen molar-refractivity contribution in [3.63, 3.8) is 0 Å². The Morgan fingerprint density at radius 3 is 2.41 bits per heavy atom. The number of imide groups is 1. The van der Waals surface area contributed by atoms with Crippen molar-refractivity contribution < 1.29 is 56.6 Å². The number of fused-ring (bicyclic) bond motifs is 1. The minimum absolute atomic E-state index is 0.0468. The van der Waals surface area contributed by atoms with E-state index in [1.807, 2.05) is 18.2 Å². The summed E-state index contributed by atoms with van der Waals surface area (Å²) in [5.74, 6) is -0.960. The average Bonchev–Trinajstić information content (AvgIpc) is 3.63. The molecule has 1 N–H and O–H groups in total. The maximum atomic E-state index is 13.9. The summed E-state index contributed by atoms with van der Waals surface area (Å²) in [5.41, 5.74) is -0.641. The lowest BCUT2D eigenvalue weighted by Crippen LogP contribution is -2.43. The highest BCUT2D eigenvalue weighted by molar-refractivity contribution is 7.48. The van der Waals surface area contributed by atoms with E-state index in [9.17, 15) is 33.6 Å². The number of pyridine rings is 2. The van der Waals surface area contributed by atoms with E-state index in [1.165, 1.54) is 28.0 Å². The number of ether oxygens (including phenoxy) is 3. The Morgan fingerprint density at radius 1 is 1.00 bits per heavy atom. The van der Waals surface area contributed by atoms with Gasteiger partial charge in [-0.1, -0.05) is 18.2 Å². The van der Waals surface area contributed by atoms with Crippen molar-refractivity contribution in [2.45, 2.75) is 84.3 Å². The lowest BCUT2D eigenvalue weighted by Gasteiger charge is -2.31. The number of amides is 4. The highest BCUT2D eigenvalue weighted by Crippen LogP contribution is 2.55. The zero-order chi connectivity index (χ0) is 39.2. The highest BCUT2D eigenvalue weighted by Gasteiger charge is 2.40. The predicted molar refractivity (Wildman–Crippen MR) is 191 cm³/mol. The van der Waals surface area contributed by atoms with Crippen molar-refractivity contribution in [1.29, 1.82) is 0 Å². The van der Waals surface area contributed by atoms with E-state index < -0.39 is 68.8 Å². The maximum absolute atomic E-state index is 13.9. The largest absolute Gasteiger partial charge is 0.480 e. The zero-order valence-corrected chi connectivity index (χ0v) is 31.6. The molecule has 18 nitrogen and oxygen atoms in total. The van der Waals surface area contributed by atoms with E-state index >= 15 is 0 Å². The number of aromatic nitrogens is 2. The van der Waals surface area contributed by atoms with Crippen molar-refractivity contribution in [3.05, 3.63) is 58.4 Å². The molecule has 3 aliphatic heterocycles. The van der Waals surface area contributed by atoms with Crippen molar-refractivity contribution in [3.8, 4) is 5.75 Å². The molecule has 3 aliphatic rings. The van der Waals surface area contributed by atoms with E-state index in [4.69, 9.17) is 27.8 Å². The third-order valence-corrected chi connectivity index (χ3v) is 10.4. The van der Waals surface area contributed by atoms with Crippen LogP contribution in [-0.2, 0) is 38.9 Å². The standard InChI is InChI=1S/C35H42N5O13P/c1-34(2,3)52-54(47,53-35(4,5)6)50-20-49-32(45)37(24-18-39-27(41)15-12-21-9-7-11-23(24)29(21)39)16-8-10-22-17-38(33(46)51-22)26-14-13-25-30(36-26)40(31(43)44)28(42)19-48-25/h7,9,11-15,22,24H,8,10,16-20H2,1-6H3,(H,43,44)/t22-,24+/m0/s1. The fraction of sp³-hybridized carbons (Fsp3) is 0.486. The number of phosphoric acid groups is 1. The molecule has 6 rings (SSSR count). The number of phosphoric ester groups is 1. The van der Waals surface area contributed by atoms with Crippen molar-refractivity contribution in [2.75, 3.05) is 36.3 Å². The molecule has 0 radical (unpaired) electrons. The summed E-state index contributed by atoms with van der Waals surface area (Å²) in [6.07, 6.45) is -3.14. The van der Waals surface area contributed by atoms with Gasteiger partial charge in [0.25, 0.3) is 11.5 Å². The first-order valence-electron chi connectivity index (χ1n) is 17.2. The van der Waals surface area contributed by atoms with Crippen LogP contribution in [0.1, 0.15) is 66.0 Å². The van der Waals surface area contributed by atoms with Crippen molar-refractivity contribution >= 4 is 54.5 Å². The molecule has 2 atom stereocenters. The second kappa shape index (κ2) is 14.7. The number of carboxylic acid groups (broad SMARTS) is 1. The van der Waals surface area contributed by atoms with Gasteiger partial charge in [-0.05, 0) is 78.0 Å². The molecule has 3 aromatic rings. The number of hydrogen-bond acceptors (Lipinski definition) is 13. The quantitative estimate of drug-likeness (QED) is 0.180. The number of nitrogens with zero attached hydrogens (tertiary/aromatic N) is 5. The second-order valence-electron chi connectivity index (χ2n) is 14.8. The number of benzene rings is 1. The van der Waals surface area contributed by atoms with Gasteiger partial charge in [-0.2, -0.15) is 4.90 Å². The molecule has 5 heterocycles. The Morgan fingerprint density at radius 2 is 1.72 bits per heavy atom. The van der Waals surface area contributed by atoms with Crippen LogP contribution < -0.4 is 20.1 Å². The summed E-state index contributed by atoms with van der Waals surface area (Å²) in [4.78, 5) is 71.0. The third-order valence-electron chi connectivity index (χ3n) is 8.43. The third kappa shape index (κ3) is 8.36. The van der Waals surface area contributed by atoms with Crippen LogP contribution >= 0.6 is 7.82 Å². The maximum Gasteiger partial charge on any atom is 0.478 e. The predicted octanol–water partition coefficient (Wildman–Crippen LogP) is 5.81. The van der Waals surface area contributed by atoms with Crippen LogP contribution in [0, 0.1) is 0 Å². The number of hydrogen-bond donors (Lipinski definition) is 1. The van der Waals surface area contributed by atoms with Crippen LogP contribution in [0.25, 0.3) is 10.9 Å². The summed E-state index contributed by atoms with van der Waals surface area (Å²) < 4.78 is 48.3. The van der Waals surface area contributed by atoms with Crippen LogP contribution in [0.3, 0.4) is 0 Å². The van der Waals surface area contributed by atoms with Gasteiger partial charge in [-0.25, -0.2) is 28.5 Å². The van der Waals surface area contributed by atoms with E-state index in [1.54, 1.807) is 52.2 Å². The summed E-state index contributed by atoms with van der Waals surface area (Å²) in [6.45, 7) is 9.13. The first-order chi connectivity index (χ1) is 25.3. The van der Waals surface area contributed by atoms with Gasteiger partial charge in [-0.3, -0.25) is 28.4 Å². The number of anilines is 2. The molecule has 1 saturated heterocycles. The van der Waals surface area contributed by atoms with Gasteiger partial charge in [0.1, 0.15) is 11.9 Å². The number of rotatable bonds is 11. The van der Waals surface area contributed by atoms with Crippen LogP contribution in [0.15, 0.2) is 47.3 Å². The van der Waals surface area contributed by atoms with Gasteiger partial charge in [0, 0.05) is 18.2 Å². The summed E-state index contributed by atoms with van der Waals surface area (Å²) in [7, 11) is -4.21. The highest BCUT2D eigenvalue weighted by atomic mass is 31.2. The first kappa shape index (κ1) is 38.7. The molecule has 19 heteroatoms. The lowest BCUT2D eigenvalue weighted by molar-refractivity contribution is -0.120. The minimum Gasteiger partial charge on any atom is -0.480 e. The molecule has 1 fully saturated rings. The van der Waals surface area contributed by atoms with Crippen molar-refractivity contribution in [2.24, 2.45) is 0 Å². The monoisotopic (exact) mass is 771 g/mol. The Labute approximate surface area is 310 Å². The topological polar surface area (TPSA) is 206 Å². The Bertz CT molecular complexity index is 2070. The SMILES string of the molecule is CC(C)(C)OP(=O)(OCOC(=O)N(CCC[C@H]1CN(c2ccc3c(n2)N(C(=O)O)C(=O)CO3)C(=O)O1)[C@@H]1Cn2c(=O)ccc3cccc1c32)OC(C)(C)C.